The minimum absolute atomic E-state index is 0.179. The van der Waals surface area contributed by atoms with Crippen LogP contribution in [0, 0.1) is 5.92 Å². The number of amides is 1. The average molecular weight is 347 g/mol. The lowest BCUT2D eigenvalue weighted by Crippen LogP contribution is -2.30. The summed E-state index contributed by atoms with van der Waals surface area (Å²) in [5.41, 5.74) is 0.846. The molecule has 0 spiro atoms. The third-order valence-corrected chi connectivity index (χ3v) is 6.31. The Labute approximate surface area is 146 Å². The normalized spacial score (nSPS) is 17.6. The fraction of sp³-hybridized carbons (Fsp3) is 0.389. The van der Waals surface area contributed by atoms with Crippen molar-refractivity contribution in [2.24, 2.45) is 5.92 Å². The van der Waals surface area contributed by atoms with Gasteiger partial charge in [-0.2, -0.15) is 0 Å². The minimum Gasteiger partial charge on any atom is -0.338 e. The summed E-state index contributed by atoms with van der Waals surface area (Å²) in [6.07, 6.45) is 1.09. The molecule has 1 aromatic carbocycles. The zero-order valence-corrected chi connectivity index (χ0v) is 15.0. The van der Waals surface area contributed by atoms with Gasteiger partial charge in [-0.15, -0.1) is 23.1 Å². The van der Waals surface area contributed by atoms with Crippen molar-refractivity contribution in [1.82, 2.24) is 10.2 Å². The molecule has 23 heavy (non-hydrogen) atoms. The molecule has 1 amide bonds. The summed E-state index contributed by atoms with van der Waals surface area (Å²) in [6, 6.07) is 12.2. The number of rotatable bonds is 6. The Hall–Kier alpha value is -1.30. The van der Waals surface area contributed by atoms with Crippen molar-refractivity contribution in [2.75, 3.05) is 26.7 Å². The van der Waals surface area contributed by atoms with Gasteiger partial charge in [0, 0.05) is 28.6 Å². The maximum Gasteiger partial charge on any atom is 0.254 e. The van der Waals surface area contributed by atoms with Crippen molar-refractivity contribution in [3.05, 3.63) is 52.2 Å². The van der Waals surface area contributed by atoms with Crippen LogP contribution in [0.15, 0.2) is 46.7 Å². The molecule has 2 aromatic rings. The van der Waals surface area contributed by atoms with Crippen LogP contribution in [0.2, 0.25) is 0 Å². The van der Waals surface area contributed by atoms with E-state index in [4.69, 9.17) is 0 Å². The van der Waals surface area contributed by atoms with E-state index in [-0.39, 0.29) is 5.91 Å². The second-order valence-electron chi connectivity index (χ2n) is 5.83. The molecule has 1 unspecified atom stereocenters. The van der Waals surface area contributed by atoms with Crippen LogP contribution in [0.3, 0.4) is 0 Å². The standard InChI is InChI=1S/C18H22N2OS2/c1-19-11-14-8-9-20(12-14)18(21)16-6-2-3-7-17(16)23-13-15-5-4-10-22-15/h2-7,10,14,19H,8-9,11-13H2,1H3. The molecular weight excluding hydrogens is 324 g/mol. The molecule has 0 bridgehead atoms. The molecule has 122 valence electrons. The molecule has 2 heterocycles. The first kappa shape index (κ1) is 16.6. The van der Waals surface area contributed by atoms with Crippen LogP contribution in [0.1, 0.15) is 21.7 Å². The third kappa shape index (κ3) is 4.16. The van der Waals surface area contributed by atoms with E-state index in [9.17, 15) is 4.79 Å². The highest BCUT2D eigenvalue weighted by Gasteiger charge is 2.27. The summed E-state index contributed by atoms with van der Waals surface area (Å²) >= 11 is 3.52. The smallest absolute Gasteiger partial charge is 0.254 e. The topological polar surface area (TPSA) is 32.3 Å². The molecule has 1 saturated heterocycles. The first-order chi connectivity index (χ1) is 11.3. The number of likely N-dealkylation sites (tertiary alicyclic amines) is 1. The highest BCUT2D eigenvalue weighted by Crippen LogP contribution is 2.29. The van der Waals surface area contributed by atoms with Crippen molar-refractivity contribution in [3.63, 3.8) is 0 Å². The summed E-state index contributed by atoms with van der Waals surface area (Å²) in [4.78, 5) is 17.3. The van der Waals surface area contributed by atoms with Crippen LogP contribution in [-0.4, -0.2) is 37.5 Å². The van der Waals surface area contributed by atoms with Crippen LogP contribution in [0.4, 0.5) is 0 Å². The summed E-state index contributed by atoms with van der Waals surface area (Å²) in [6.45, 7) is 2.72. The highest BCUT2D eigenvalue weighted by atomic mass is 32.2. The van der Waals surface area contributed by atoms with Gasteiger partial charge >= 0.3 is 0 Å². The van der Waals surface area contributed by atoms with Crippen LogP contribution < -0.4 is 5.32 Å². The van der Waals surface area contributed by atoms with Gasteiger partial charge in [-0.1, -0.05) is 18.2 Å². The molecule has 1 aliphatic heterocycles. The van der Waals surface area contributed by atoms with Crippen molar-refractivity contribution in [1.29, 1.82) is 0 Å². The zero-order valence-electron chi connectivity index (χ0n) is 13.3. The largest absolute Gasteiger partial charge is 0.338 e. The fourth-order valence-electron chi connectivity index (χ4n) is 2.96. The Morgan fingerprint density at radius 1 is 1.35 bits per heavy atom. The molecule has 1 N–H and O–H groups in total. The van der Waals surface area contributed by atoms with E-state index >= 15 is 0 Å². The van der Waals surface area contributed by atoms with E-state index in [2.05, 4.69) is 28.9 Å². The SMILES string of the molecule is CNCC1CCN(C(=O)c2ccccc2SCc2cccs2)C1. The number of thioether (sulfide) groups is 1. The Kier molecular flexibility index (Phi) is 5.75. The summed E-state index contributed by atoms with van der Waals surface area (Å²) in [5, 5.41) is 5.31. The molecule has 0 radical (unpaired) electrons. The quantitative estimate of drug-likeness (QED) is 0.809. The molecular formula is C18H22N2OS2. The van der Waals surface area contributed by atoms with Crippen LogP contribution in [0.5, 0.6) is 0 Å². The van der Waals surface area contributed by atoms with Gasteiger partial charge in [0.05, 0.1) is 5.56 Å². The van der Waals surface area contributed by atoms with Gasteiger partial charge in [0.2, 0.25) is 0 Å². The highest BCUT2D eigenvalue weighted by molar-refractivity contribution is 7.98. The fourth-order valence-corrected chi connectivity index (χ4v) is 4.77. The maximum atomic E-state index is 12.9. The Bertz CT molecular complexity index is 642. The number of carbonyl (C=O) groups excluding carboxylic acids is 1. The lowest BCUT2D eigenvalue weighted by molar-refractivity contribution is 0.0784. The van der Waals surface area contributed by atoms with E-state index in [0.29, 0.717) is 5.92 Å². The number of hydrogen-bond donors (Lipinski definition) is 1. The van der Waals surface area contributed by atoms with E-state index < -0.39 is 0 Å². The third-order valence-electron chi connectivity index (χ3n) is 4.13. The van der Waals surface area contributed by atoms with Crippen molar-refractivity contribution in [2.45, 2.75) is 17.1 Å². The van der Waals surface area contributed by atoms with Crippen LogP contribution in [0.25, 0.3) is 0 Å². The first-order valence-electron chi connectivity index (χ1n) is 7.96. The van der Waals surface area contributed by atoms with E-state index in [1.807, 2.05) is 30.1 Å². The number of nitrogens with one attached hydrogen (secondary N) is 1. The van der Waals surface area contributed by atoms with E-state index in [1.165, 1.54) is 4.88 Å². The number of carbonyl (C=O) groups is 1. The maximum absolute atomic E-state index is 12.9. The minimum atomic E-state index is 0.179. The zero-order chi connectivity index (χ0) is 16.1. The average Bonchev–Trinajstić information content (AvgIpc) is 3.25. The van der Waals surface area contributed by atoms with Crippen LogP contribution >= 0.6 is 23.1 Å². The molecule has 5 heteroatoms. The number of benzene rings is 1. The molecule has 3 nitrogen and oxygen atoms in total. The van der Waals surface area contributed by atoms with E-state index in [1.54, 1.807) is 23.1 Å². The van der Waals surface area contributed by atoms with Gasteiger partial charge in [0.15, 0.2) is 0 Å². The van der Waals surface area contributed by atoms with E-state index in [0.717, 1.165) is 42.3 Å². The second-order valence-corrected chi connectivity index (χ2v) is 7.88. The lowest BCUT2D eigenvalue weighted by Gasteiger charge is -2.18. The molecule has 3 rings (SSSR count). The predicted octanol–water partition coefficient (Wildman–Crippen LogP) is 3.72. The Morgan fingerprint density at radius 2 is 2.22 bits per heavy atom. The van der Waals surface area contributed by atoms with Gasteiger partial charge in [-0.05, 0) is 49.5 Å². The summed E-state index contributed by atoms with van der Waals surface area (Å²) < 4.78 is 0. The summed E-state index contributed by atoms with van der Waals surface area (Å²) in [7, 11) is 1.97. The van der Waals surface area contributed by atoms with Crippen molar-refractivity contribution in [3.8, 4) is 0 Å². The monoisotopic (exact) mass is 346 g/mol. The van der Waals surface area contributed by atoms with Gasteiger partial charge in [0.1, 0.15) is 0 Å². The number of nitrogens with zero attached hydrogens (tertiary/aromatic N) is 1. The second kappa shape index (κ2) is 7.99. The summed E-state index contributed by atoms with van der Waals surface area (Å²) in [5.74, 6) is 1.68. The molecule has 0 saturated carbocycles. The number of thiophene rings is 1. The van der Waals surface area contributed by atoms with Crippen molar-refractivity contribution >= 4 is 29.0 Å². The molecule has 1 atom stereocenters. The van der Waals surface area contributed by atoms with Gasteiger partial charge < -0.3 is 10.2 Å². The van der Waals surface area contributed by atoms with Crippen LogP contribution in [-0.2, 0) is 5.75 Å². The predicted molar refractivity (Wildman–Crippen MR) is 98.3 cm³/mol. The molecule has 1 fully saturated rings. The molecule has 1 aliphatic rings. The Morgan fingerprint density at radius 3 is 3.00 bits per heavy atom. The first-order valence-corrected chi connectivity index (χ1v) is 9.82. The molecule has 0 aliphatic carbocycles. The Balaban J connectivity index is 1.68. The van der Waals surface area contributed by atoms with Gasteiger partial charge in [0.25, 0.3) is 5.91 Å². The van der Waals surface area contributed by atoms with Crippen molar-refractivity contribution < 1.29 is 4.79 Å². The number of hydrogen-bond acceptors (Lipinski definition) is 4. The van der Waals surface area contributed by atoms with Gasteiger partial charge in [-0.25, -0.2) is 0 Å². The lowest BCUT2D eigenvalue weighted by atomic mass is 10.1. The van der Waals surface area contributed by atoms with Gasteiger partial charge in [-0.3, -0.25) is 4.79 Å². The molecule has 1 aromatic heterocycles.